The molecule has 1 heterocycles. The molecule has 1 aliphatic rings. The molecule has 0 unspecified atom stereocenters. The van der Waals surface area contributed by atoms with Crippen molar-refractivity contribution in [3.8, 4) is 0 Å². The van der Waals surface area contributed by atoms with E-state index in [1.165, 1.54) is 4.90 Å². The summed E-state index contributed by atoms with van der Waals surface area (Å²) in [5, 5.41) is 0. The molecule has 0 aromatic carbocycles. The number of hydrogen-bond donors (Lipinski definition) is 1. The van der Waals surface area contributed by atoms with Gasteiger partial charge in [0.2, 0.25) is 17.7 Å². The summed E-state index contributed by atoms with van der Waals surface area (Å²) in [6.45, 7) is 2.98. The van der Waals surface area contributed by atoms with Crippen LogP contribution >= 0.6 is 0 Å². The number of piperazine rings is 1. The average Bonchev–Trinajstić information content (AvgIpc) is 2.21. The first-order chi connectivity index (χ1) is 7.54. The van der Waals surface area contributed by atoms with Gasteiger partial charge in [0, 0.05) is 19.5 Å². The minimum absolute atomic E-state index is 0.0616. The molecule has 0 aliphatic carbocycles. The van der Waals surface area contributed by atoms with Crippen molar-refractivity contribution < 1.29 is 14.4 Å². The number of primary amides is 1. The zero-order valence-corrected chi connectivity index (χ0v) is 9.44. The standard InChI is InChI=1S/C10H17N3O3/c1-2-4-12-6-10(16)13(7-9(12)15)5-3-8(11)14/h2-7H2,1H3,(H2,11,14). The van der Waals surface area contributed by atoms with E-state index in [9.17, 15) is 14.4 Å². The van der Waals surface area contributed by atoms with E-state index in [0.717, 1.165) is 6.42 Å². The number of carbonyl (C=O) groups is 3. The molecule has 0 spiro atoms. The second-order valence-electron chi connectivity index (χ2n) is 3.85. The molecule has 0 atom stereocenters. The van der Waals surface area contributed by atoms with Gasteiger partial charge in [-0.3, -0.25) is 14.4 Å². The van der Waals surface area contributed by atoms with Gasteiger partial charge in [-0.05, 0) is 6.42 Å². The summed E-state index contributed by atoms with van der Waals surface area (Å²) in [6, 6.07) is 0. The molecule has 16 heavy (non-hydrogen) atoms. The van der Waals surface area contributed by atoms with Gasteiger partial charge in [-0.15, -0.1) is 0 Å². The molecule has 6 nitrogen and oxygen atoms in total. The van der Waals surface area contributed by atoms with Crippen molar-refractivity contribution in [2.75, 3.05) is 26.2 Å². The fraction of sp³-hybridized carbons (Fsp3) is 0.700. The van der Waals surface area contributed by atoms with Gasteiger partial charge in [0.15, 0.2) is 0 Å². The fourth-order valence-corrected chi connectivity index (χ4v) is 1.63. The molecule has 1 aliphatic heterocycles. The van der Waals surface area contributed by atoms with Crippen LogP contribution in [0.2, 0.25) is 0 Å². The Bertz CT molecular complexity index is 304. The van der Waals surface area contributed by atoms with Crippen molar-refractivity contribution in [1.82, 2.24) is 9.80 Å². The number of amides is 3. The number of carbonyl (C=O) groups excluding carboxylic acids is 3. The summed E-state index contributed by atoms with van der Waals surface area (Å²) in [4.78, 5) is 36.7. The smallest absolute Gasteiger partial charge is 0.242 e. The first-order valence-electron chi connectivity index (χ1n) is 5.38. The quantitative estimate of drug-likeness (QED) is 0.650. The normalized spacial score (nSPS) is 16.8. The SMILES string of the molecule is CCCN1CC(=O)N(CCC(N)=O)CC1=O. The van der Waals surface area contributed by atoms with Crippen LogP contribution in [0.15, 0.2) is 0 Å². The number of hydrogen-bond acceptors (Lipinski definition) is 3. The highest BCUT2D eigenvalue weighted by Crippen LogP contribution is 2.06. The lowest BCUT2D eigenvalue weighted by Gasteiger charge is -2.33. The maximum Gasteiger partial charge on any atom is 0.242 e. The van der Waals surface area contributed by atoms with Crippen molar-refractivity contribution in [1.29, 1.82) is 0 Å². The first kappa shape index (κ1) is 12.5. The maximum absolute atomic E-state index is 11.6. The molecule has 6 heteroatoms. The van der Waals surface area contributed by atoms with E-state index >= 15 is 0 Å². The summed E-state index contributed by atoms with van der Waals surface area (Å²) in [6.07, 6.45) is 0.938. The lowest BCUT2D eigenvalue weighted by molar-refractivity contribution is -0.150. The Hall–Kier alpha value is -1.59. The molecule has 1 rings (SSSR count). The van der Waals surface area contributed by atoms with Gasteiger partial charge in [-0.25, -0.2) is 0 Å². The second-order valence-corrected chi connectivity index (χ2v) is 3.85. The van der Waals surface area contributed by atoms with E-state index in [4.69, 9.17) is 5.73 Å². The van der Waals surface area contributed by atoms with Crippen LogP contribution in [0.3, 0.4) is 0 Å². The van der Waals surface area contributed by atoms with Gasteiger partial charge >= 0.3 is 0 Å². The molecule has 90 valence electrons. The van der Waals surface area contributed by atoms with Crippen molar-refractivity contribution in [3.63, 3.8) is 0 Å². The van der Waals surface area contributed by atoms with Crippen LogP contribution in [0.5, 0.6) is 0 Å². The lowest BCUT2D eigenvalue weighted by Crippen LogP contribution is -2.54. The van der Waals surface area contributed by atoms with Crippen LogP contribution in [0, 0.1) is 0 Å². The van der Waals surface area contributed by atoms with E-state index in [1.54, 1.807) is 4.90 Å². The summed E-state index contributed by atoms with van der Waals surface area (Å²) in [5.41, 5.74) is 4.99. The van der Waals surface area contributed by atoms with Gasteiger partial charge in [0.05, 0.1) is 13.1 Å². The summed E-state index contributed by atoms with van der Waals surface area (Å²) in [5.74, 6) is -0.642. The van der Waals surface area contributed by atoms with E-state index in [2.05, 4.69) is 0 Å². The highest BCUT2D eigenvalue weighted by Gasteiger charge is 2.28. The third kappa shape index (κ3) is 3.22. The van der Waals surface area contributed by atoms with Crippen molar-refractivity contribution in [3.05, 3.63) is 0 Å². The third-order valence-electron chi connectivity index (χ3n) is 2.48. The summed E-state index contributed by atoms with van der Waals surface area (Å²) >= 11 is 0. The highest BCUT2D eigenvalue weighted by atomic mass is 16.2. The molecule has 0 bridgehead atoms. The minimum atomic E-state index is -0.462. The maximum atomic E-state index is 11.6. The number of rotatable bonds is 5. The largest absolute Gasteiger partial charge is 0.370 e. The molecular weight excluding hydrogens is 210 g/mol. The van der Waals surface area contributed by atoms with Crippen LogP contribution < -0.4 is 5.73 Å². The third-order valence-corrected chi connectivity index (χ3v) is 2.48. The van der Waals surface area contributed by atoms with Gasteiger partial charge in [-0.1, -0.05) is 6.92 Å². The van der Waals surface area contributed by atoms with Gasteiger partial charge in [-0.2, -0.15) is 0 Å². The Balaban J connectivity index is 2.50. The van der Waals surface area contributed by atoms with Crippen LogP contribution in [0.25, 0.3) is 0 Å². The predicted molar refractivity (Wildman–Crippen MR) is 57.3 cm³/mol. The average molecular weight is 227 g/mol. The molecule has 0 aromatic rings. The van der Waals surface area contributed by atoms with E-state index < -0.39 is 5.91 Å². The van der Waals surface area contributed by atoms with Gasteiger partial charge in [0.1, 0.15) is 0 Å². The molecule has 2 N–H and O–H groups in total. The Morgan fingerprint density at radius 2 is 1.69 bits per heavy atom. The second kappa shape index (κ2) is 5.48. The molecule has 0 aromatic heterocycles. The monoisotopic (exact) mass is 227 g/mol. The van der Waals surface area contributed by atoms with Gasteiger partial charge < -0.3 is 15.5 Å². The van der Waals surface area contributed by atoms with E-state index in [1.807, 2.05) is 6.92 Å². The number of nitrogens with zero attached hydrogens (tertiary/aromatic N) is 2. The summed E-state index contributed by atoms with van der Waals surface area (Å²) < 4.78 is 0. The minimum Gasteiger partial charge on any atom is -0.370 e. The predicted octanol–water partition coefficient (Wildman–Crippen LogP) is -1.06. The van der Waals surface area contributed by atoms with Crippen LogP contribution in [0.4, 0.5) is 0 Å². The topological polar surface area (TPSA) is 83.7 Å². The molecule has 3 amide bonds. The Kier molecular flexibility index (Phi) is 4.28. The fourth-order valence-electron chi connectivity index (χ4n) is 1.63. The molecule has 1 saturated heterocycles. The first-order valence-corrected chi connectivity index (χ1v) is 5.38. The van der Waals surface area contributed by atoms with Crippen LogP contribution in [0.1, 0.15) is 19.8 Å². The molecular formula is C10H17N3O3. The van der Waals surface area contributed by atoms with E-state index in [-0.39, 0.29) is 37.9 Å². The lowest BCUT2D eigenvalue weighted by atomic mass is 10.2. The van der Waals surface area contributed by atoms with Crippen molar-refractivity contribution in [2.24, 2.45) is 5.73 Å². The molecule has 0 radical (unpaired) electrons. The zero-order valence-electron chi connectivity index (χ0n) is 9.44. The van der Waals surface area contributed by atoms with Crippen molar-refractivity contribution >= 4 is 17.7 Å². The Labute approximate surface area is 94.4 Å². The number of nitrogens with two attached hydrogens (primary N) is 1. The molecule has 0 saturated carbocycles. The van der Waals surface area contributed by atoms with E-state index in [0.29, 0.717) is 6.54 Å². The Morgan fingerprint density at radius 1 is 1.19 bits per heavy atom. The van der Waals surface area contributed by atoms with Gasteiger partial charge in [0.25, 0.3) is 0 Å². The Morgan fingerprint density at radius 3 is 2.12 bits per heavy atom. The van der Waals surface area contributed by atoms with Crippen LogP contribution in [-0.2, 0) is 14.4 Å². The zero-order chi connectivity index (χ0) is 12.1. The van der Waals surface area contributed by atoms with Crippen LogP contribution in [-0.4, -0.2) is 53.7 Å². The molecule has 1 fully saturated rings. The van der Waals surface area contributed by atoms with Crippen molar-refractivity contribution in [2.45, 2.75) is 19.8 Å². The summed E-state index contributed by atoms with van der Waals surface area (Å²) in [7, 11) is 0. The highest BCUT2D eigenvalue weighted by molar-refractivity contribution is 5.92.